The van der Waals surface area contributed by atoms with Crippen molar-refractivity contribution in [2.75, 3.05) is 7.11 Å². The van der Waals surface area contributed by atoms with Crippen LogP contribution in [0.25, 0.3) is 0 Å². The summed E-state index contributed by atoms with van der Waals surface area (Å²) in [5, 5.41) is 4.37. The highest BCUT2D eigenvalue weighted by molar-refractivity contribution is 6.32. The van der Waals surface area contributed by atoms with Gasteiger partial charge in [-0.05, 0) is 37.5 Å². The molecule has 0 bridgehead atoms. The predicted molar refractivity (Wildman–Crippen MR) is 76.3 cm³/mol. The number of ether oxygens (including phenoxy) is 1. The molecule has 0 spiro atoms. The van der Waals surface area contributed by atoms with Crippen molar-refractivity contribution in [3.63, 3.8) is 0 Å². The average molecular weight is 268 g/mol. The summed E-state index contributed by atoms with van der Waals surface area (Å²) >= 11 is 6.13. The zero-order valence-corrected chi connectivity index (χ0v) is 12.0. The molecule has 0 saturated heterocycles. The van der Waals surface area contributed by atoms with Gasteiger partial charge in [-0.3, -0.25) is 0 Å². The second-order valence-electron chi connectivity index (χ2n) is 5.44. The Labute approximate surface area is 115 Å². The van der Waals surface area contributed by atoms with E-state index in [4.69, 9.17) is 16.3 Å². The molecule has 1 fully saturated rings. The van der Waals surface area contributed by atoms with Gasteiger partial charge in [0.05, 0.1) is 12.1 Å². The molecule has 0 aliphatic heterocycles. The molecular weight excluding hydrogens is 246 g/mol. The third-order valence-corrected chi connectivity index (χ3v) is 4.19. The molecule has 1 aromatic carbocycles. The van der Waals surface area contributed by atoms with Crippen molar-refractivity contribution in [2.24, 2.45) is 0 Å². The largest absolute Gasteiger partial charge is 0.495 e. The topological polar surface area (TPSA) is 21.3 Å². The van der Waals surface area contributed by atoms with Crippen LogP contribution in [0, 0.1) is 0 Å². The summed E-state index contributed by atoms with van der Waals surface area (Å²) in [6.07, 6.45) is 6.61. The number of hydrogen-bond acceptors (Lipinski definition) is 2. The highest BCUT2D eigenvalue weighted by Crippen LogP contribution is 2.29. The number of hydrogen-bond donors (Lipinski definition) is 1. The maximum Gasteiger partial charge on any atom is 0.137 e. The molecule has 0 unspecified atom stereocenters. The lowest BCUT2D eigenvalue weighted by atomic mass is 9.83. The van der Waals surface area contributed by atoms with Crippen molar-refractivity contribution in [3.8, 4) is 5.75 Å². The lowest BCUT2D eigenvalue weighted by Gasteiger charge is -2.34. The van der Waals surface area contributed by atoms with Crippen LogP contribution < -0.4 is 10.1 Å². The van der Waals surface area contributed by atoms with Crippen molar-refractivity contribution in [2.45, 2.75) is 51.1 Å². The highest BCUT2D eigenvalue weighted by Gasteiger charge is 2.25. The van der Waals surface area contributed by atoms with Crippen LogP contribution in [-0.2, 0) is 6.54 Å². The molecule has 0 radical (unpaired) electrons. The van der Waals surface area contributed by atoms with E-state index in [0.717, 1.165) is 12.3 Å². The van der Waals surface area contributed by atoms with E-state index in [0.29, 0.717) is 10.6 Å². The SMILES string of the molecule is COc1ccc(CNC2(C)CCCCC2)cc1Cl. The molecule has 0 atom stereocenters. The molecule has 1 aliphatic carbocycles. The van der Waals surface area contributed by atoms with Crippen LogP contribution in [-0.4, -0.2) is 12.6 Å². The molecule has 0 heterocycles. The first-order chi connectivity index (χ1) is 8.63. The van der Waals surface area contributed by atoms with E-state index >= 15 is 0 Å². The molecule has 0 amide bonds. The number of nitrogens with one attached hydrogen (secondary N) is 1. The average Bonchev–Trinajstić information content (AvgIpc) is 2.38. The van der Waals surface area contributed by atoms with Gasteiger partial charge >= 0.3 is 0 Å². The maximum absolute atomic E-state index is 6.13. The monoisotopic (exact) mass is 267 g/mol. The molecule has 18 heavy (non-hydrogen) atoms. The first-order valence-electron chi connectivity index (χ1n) is 6.70. The second-order valence-corrected chi connectivity index (χ2v) is 5.85. The Bertz CT molecular complexity index is 399. The number of methoxy groups -OCH3 is 1. The minimum Gasteiger partial charge on any atom is -0.495 e. The van der Waals surface area contributed by atoms with Crippen LogP contribution in [0.15, 0.2) is 18.2 Å². The predicted octanol–water partition coefficient (Wildman–Crippen LogP) is 4.16. The first kappa shape index (κ1) is 13.7. The number of rotatable bonds is 4. The minimum absolute atomic E-state index is 0.296. The summed E-state index contributed by atoms with van der Waals surface area (Å²) in [5.74, 6) is 0.740. The van der Waals surface area contributed by atoms with Gasteiger partial charge in [0.25, 0.3) is 0 Å². The van der Waals surface area contributed by atoms with Crippen LogP contribution in [0.3, 0.4) is 0 Å². The molecule has 100 valence electrons. The summed E-state index contributed by atoms with van der Waals surface area (Å²) in [7, 11) is 1.64. The quantitative estimate of drug-likeness (QED) is 0.884. The van der Waals surface area contributed by atoms with E-state index in [-0.39, 0.29) is 0 Å². The second kappa shape index (κ2) is 5.94. The van der Waals surface area contributed by atoms with Gasteiger partial charge < -0.3 is 10.1 Å². The van der Waals surface area contributed by atoms with Gasteiger partial charge in [-0.1, -0.05) is 36.9 Å². The van der Waals surface area contributed by atoms with Gasteiger partial charge in [-0.2, -0.15) is 0 Å². The number of benzene rings is 1. The number of halogens is 1. The standard InChI is InChI=1S/C15H22ClNO/c1-15(8-4-3-5-9-15)17-11-12-6-7-14(18-2)13(16)10-12/h6-7,10,17H,3-5,8-9,11H2,1-2H3. The van der Waals surface area contributed by atoms with E-state index in [1.54, 1.807) is 7.11 Å². The zero-order chi connectivity index (χ0) is 13.0. The molecule has 2 rings (SSSR count). The molecule has 0 aromatic heterocycles. The van der Waals surface area contributed by atoms with Gasteiger partial charge in [-0.15, -0.1) is 0 Å². The Morgan fingerprint density at radius 2 is 2.00 bits per heavy atom. The maximum atomic E-state index is 6.13. The van der Waals surface area contributed by atoms with Gasteiger partial charge in [0.15, 0.2) is 0 Å². The molecule has 1 N–H and O–H groups in total. The van der Waals surface area contributed by atoms with Crippen LogP contribution in [0.1, 0.15) is 44.6 Å². The molecule has 1 aliphatic rings. The summed E-state index contributed by atoms with van der Waals surface area (Å²) in [5.41, 5.74) is 1.51. The molecule has 1 aromatic rings. The Kier molecular flexibility index (Phi) is 4.52. The van der Waals surface area contributed by atoms with E-state index in [2.05, 4.69) is 18.3 Å². The van der Waals surface area contributed by atoms with Crippen molar-refractivity contribution >= 4 is 11.6 Å². The van der Waals surface area contributed by atoms with Gasteiger partial charge in [0.1, 0.15) is 5.75 Å². The Morgan fingerprint density at radius 3 is 2.61 bits per heavy atom. The zero-order valence-electron chi connectivity index (χ0n) is 11.3. The van der Waals surface area contributed by atoms with Gasteiger partial charge in [0.2, 0.25) is 0 Å². The van der Waals surface area contributed by atoms with Crippen LogP contribution in [0.2, 0.25) is 5.02 Å². The fraction of sp³-hybridized carbons (Fsp3) is 0.600. The molecule has 1 saturated carbocycles. The lowest BCUT2D eigenvalue weighted by Crippen LogP contribution is -2.43. The highest BCUT2D eigenvalue weighted by atomic mass is 35.5. The van der Waals surface area contributed by atoms with E-state index in [1.807, 2.05) is 12.1 Å². The smallest absolute Gasteiger partial charge is 0.137 e. The van der Waals surface area contributed by atoms with Gasteiger partial charge in [-0.25, -0.2) is 0 Å². The fourth-order valence-corrected chi connectivity index (χ4v) is 2.92. The van der Waals surface area contributed by atoms with E-state index in [9.17, 15) is 0 Å². The van der Waals surface area contributed by atoms with Crippen LogP contribution in [0.5, 0.6) is 5.75 Å². The summed E-state index contributed by atoms with van der Waals surface area (Å²) in [6, 6.07) is 5.99. The minimum atomic E-state index is 0.296. The fourth-order valence-electron chi connectivity index (χ4n) is 2.64. The summed E-state index contributed by atoms with van der Waals surface area (Å²) in [6.45, 7) is 3.21. The third-order valence-electron chi connectivity index (χ3n) is 3.89. The van der Waals surface area contributed by atoms with Gasteiger partial charge in [0, 0.05) is 12.1 Å². The third kappa shape index (κ3) is 3.39. The Morgan fingerprint density at radius 1 is 1.28 bits per heavy atom. The summed E-state index contributed by atoms with van der Waals surface area (Å²) in [4.78, 5) is 0. The van der Waals surface area contributed by atoms with Crippen molar-refractivity contribution in [3.05, 3.63) is 28.8 Å². The molecular formula is C15H22ClNO. The normalized spacial score (nSPS) is 18.6. The van der Waals surface area contributed by atoms with E-state index < -0.39 is 0 Å². The molecule has 3 heteroatoms. The Hall–Kier alpha value is -0.730. The van der Waals surface area contributed by atoms with E-state index in [1.165, 1.54) is 37.7 Å². The lowest BCUT2D eigenvalue weighted by molar-refractivity contribution is 0.252. The first-order valence-corrected chi connectivity index (χ1v) is 7.08. The summed E-state index contributed by atoms with van der Waals surface area (Å²) < 4.78 is 5.16. The van der Waals surface area contributed by atoms with Crippen molar-refractivity contribution < 1.29 is 4.74 Å². The van der Waals surface area contributed by atoms with Crippen LogP contribution in [0.4, 0.5) is 0 Å². The Balaban J connectivity index is 1.95. The van der Waals surface area contributed by atoms with Crippen LogP contribution >= 0.6 is 11.6 Å². The van der Waals surface area contributed by atoms with Crippen molar-refractivity contribution in [1.29, 1.82) is 0 Å². The molecule has 2 nitrogen and oxygen atoms in total. The van der Waals surface area contributed by atoms with Crippen molar-refractivity contribution in [1.82, 2.24) is 5.32 Å².